The Balaban J connectivity index is 1.47. The van der Waals surface area contributed by atoms with Gasteiger partial charge in [0.15, 0.2) is 11.5 Å². The van der Waals surface area contributed by atoms with Crippen molar-refractivity contribution in [2.75, 3.05) is 40.4 Å². The predicted molar refractivity (Wildman–Crippen MR) is 95.6 cm³/mol. The van der Waals surface area contributed by atoms with Crippen molar-refractivity contribution < 1.29 is 19.0 Å². The highest BCUT2D eigenvalue weighted by Gasteiger charge is 2.30. The summed E-state index contributed by atoms with van der Waals surface area (Å²) < 4.78 is 16.9. The van der Waals surface area contributed by atoms with Crippen molar-refractivity contribution in [3.05, 3.63) is 22.7 Å². The molecule has 0 spiro atoms. The van der Waals surface area contributed by atoms with Gasteiger partial charge in [-0.1, -0.05) is 11.6 Å². The third-order valence-corrected chi connectivity index (χ3v) is 4.62. The molecule has 1 amide bonds. The minimum atomic E-state index is -0.339. The Labute approximate surface area is 153 Å². The van der Waals surface area contributed by atoms with Gasteiger partial charge in [0.1, 0.15) is 19.3 Å². The van der Waals surface area contributed by atoms with E-state index in [1.165, 1.54) is 0 Å². The number of fused-ring (bicyclic) bond motifs is 1. The van der Waals surface area contributed by atoms with Crippen molar-refractivity contribution in [3.63, 3.8) is 0 Å². The molecule has 0 saturated carbocycles. The first-order chi connectivity index (χ1) is 12.0. The van der Waals surface area contributed by atoms with Crippen LogP contribution in [0.3, 0.4) is 0 Å². The molecule has 0 aliphatic carbocycles. The Morgan fingerprint density at radius 1 is 1.28 bits per heavy atom. The number of hydrogen-bond donors (Lipinski definition) is 1. The van der Waals surface area contributed by atoms with E-state index in [2.05, 4.69) is 10.2 Å². The van der Waals surface area contributed by atoms with Crippen molar-refractivity contribution in [1.82, 2.24) is 10.2 Å². The number of hydrogen-bond acceptors (Lipinski definition) is 5. The molecule has 2 heterocycles. The predicted octanol–water partition coefficient (Wildman–Crippen LogP) is 1.88. The van der Waals surface area contributed by atoms with Crippen LogP contribution >= 0.6 is 11.6 Å². The van der Waals surface area contributed by atoms with E-state index in [9.17, 15) is 4.79 Å². The highest BCUT2D eigenvalue weighted by Crippen LogP contribution is 2.38. The molecule has 1 aromatic rings. The summed E-state index contributed by atoms with van der Waals surface area (Å²) in [5, 5.41) is 3.50. The molecule has 1 fully saturated rings. The van der Waals surface area contributed by atoms with Gasteiger partial charge in [-0.05, 0) is 51.1 Å². The summed E-state index contributed by atoms with van der Waals surface area (Å²) in [5.41, 5.74) is 1.01. The number of rotatable bonds is 6. The van der Waals surface area contributed by atoms with Crippen LogP contribution in [0, 0.1) is 0 Å². The van der Waals surface area contributed by atoms with Crippen LogP contribution in [-0.2, 0) is 16.0 Å². The number of benzene rings is 1. The van der Waals surface area contributed by atoms with Crippen LogP contribution in [0.5, 0.6) is 11.5 Å². The number of nitrogens with one attached hydrogen (secondary N) is 1. The highest BCUT2D eigenvalue weighted by molar-refractivity contribution is 6.32. The van der Waals surface area contributed by atoms with Crippen LogP contribution in [0.4, 0.5) is 0 Å². The van der Waals surface area contributed by atoms with Gasteiger partial charge >= 0.3 is 0 Å². The van der Waals surface area contributed by atoms with Gasteiger partial charge in [0.2, 0.25) is 5.91 Å². The monoisotopic (exact) mass is 368 g/mol. The SMILES string of the molecule is CN(C)CC1CCC(C(=O)NCCc2cc(Cl)c3c(c2)OCCO3)O1. The Kier molecular flexibility index (Phi) is 6.04. The quantitative estimate of drug-likeness (QED) is 0.830. The smallest absolute Gasteiger partial charge is 0.249 e. The van der Waals surface area contributed by atoms with E-state index in [0.717, 1.165) is 24.9 Å². The molecule has 2 aliphatic rings. The van der Waals surface area contributed by atoms with E-state index in [0.29, 0.717) is 42.7 Å². The minimum Gasteiger partial charge on any atom is -0.486 e. The fraction of sp³-hybridized carbons (Fsp3) is 0.611. The van der Waals surface area contributed by atoms with Gasteiger partial charge in [-0.3, -0.25) is 4.79 Å². The molecule has 0 bridgehead atoms. The second-order valence-corrected chi connectivity index (χ2v) is 7.14. The van der Waals surface area contributed by atoms with E-state index in [4.69, 9.17) is 25.8 Å². The Morgan fingerprint density at radius 3 is 2.88 bits per heavy atom. The average molecular weight is 369 g/mol. The lowest BCUT2D eigenvalue weighted by molar-refractivity contribution is -0.132. The second-order valence-electron chi connectivity index (χ2n) is 6.73. The minimum absolute atomic E-state index is 0.0371. The Bertz CT molecular complexity index is 623. The zero-order chi connectivity index (χ0) is 17.8. The topological polar surface area (TPSA) is 60.0 Å². The molecule has 2 atom stereocenters. The van der Waals surface area contributed by atoms with Crippen molar-refractivity contribution in [2.24, 2.45) is 0 Å². The summed E-state index contributed by atoms with van der Waals surface area (Å²) >= 11 is 6.23. The summed E-state index contributed by atoms with van der Waals surface area (Å²) in [6, 6.07) is 3.78. The number of likely N-dealkylation sites (N-methyl/N-ethyl adjacent to an activating group) is 1. The maximum absolute atomic E-state index is 12.2. The van der Waals surface area contributed by atoms with Crippen molar-refractivity contribution in [1.29, 1.82) is 0 Å². The fourth-order valence-electron chi connectivity index (χ4n) is 3.19. The Hall–Kier alpha value is -1.50. The first kappa shape index (κ1) is 18.3. The van der Waals surface area contributed by atoms with E-state index in [1.54, 1.807) is 0 Å². The molecule has 6 nitrogen and oxygen atoms in total. The maximum atomic E-state index is 12.2. The number of ether oxygens (including phenoxy) is 3. The zero-order valence-corrected chi connectivity index (χ0v) is 15.5. The first-order valence-electron chi connectivity index (χ1n) is 8.69. The molecule has 0 aromatic heterocycles. The van der Waals surface area contributed by atoms with Crippen LogP contribution in [0.2, 0.25) is 5.02 Å². The van der Waals surface area contributed by atoms with Crippen LogP contribution in [0.25, 0.3) is 0 Å². The van der Waals surface area contributed by atoms with Crippen LogP contribution < -0.4 is 14.8 Å². The van der Waals surface area contributed by atoms with Gasteiger partial charge in [-0.15, -0.1) is 0 Å². The third-order valence-electron chi connectivity index (χ3n) is 4.34. The lowest BCUT2D eigenvalue weighted by atomic mass is 10.1. The molecule has 7 heteroatoms. The first-order valence-corrected chi connectivity index (χ1v) is 9.06. The van der Waals surface area contributed by atoms with Gasteiger partial charge in [0.05, 0.1) is 11.1 Å². The summed E-state index contributed by atoms with van der Waals surface area (Å²) in [6.45, 7) is 2.42. The number of carbonyl (C=O) groups is 1. The van der Waals surface area contributed by atoms with Crippen molar-refractivity contribution in [3.8, 4) is 11.5 Å². The molecule has 2 unspecified atom stereocenters. The lowest BCUT2D eigenvalue weighted by Gasteiger charge is -2.20. The van der Waals surface area contributed by atoms with E-state index >= 15 is 0 Å². The Morgan fingerprint density at radius 2 is 2.08 bits per heavy atom. The van der Waals surface area contributed by atoms with E-state index in [-0.39, 0.29) is 18.1 Å². The molecule has 25 heavy (non-hydrogen) atoms. The molecule has 2 aliphatic heterocycles. The number of nitrogens with zero attached hydrogens (tertiary/aromatic N) is 1. The van der Waals surface area contributed by atoms with Gasteiger partial charge in [0.25, 0.3) is 0 Å². The van der Waals surface area contributed by atoms with E-state index < -0.39 is 0 Å². The van der Waals surface area contributed by atoms with Gasteiger partial charge < -0.3 is 24.4 Å². The molecule has 1 aromatic carbocycles. The lowest BCUT2D eigenvalue weighted by Crippen LogP contribution is -2.36. The van der Waals surface area contributed by atoms with Crippen LogP contribution in [0.15, 0.2) is 12.1 Å². The number of carbonyl (C=O) groups excluding carboxylic acids is 1. The molecule has 3 rings (SSSR count). The largest absolute Gasteiger partial charge is 0.486 e. The fourth-order valence-corrected chi connectivity index (χ4v) is 3.48. The molecule has 1 saturated heterocycles. The molecular weight excluding hydrogens is 344 g/mol. The summed E-state index contributed by atoms with van der Waals surface area (Å²) in [6.07, 6.45) is 2.18. The molecule has 138 valence electrons. The number of halogens is 1. The van der Waals surface area contributed by atoms with Gasteiger partial charge in [-0.2, -0.15) is 0 Å². The highest BCUT2D eigenvalue weighted by atomic mass is 35.5. The summed E-state index contributed by atoms with van der Waals surface area (Å²) in [5.74, 6) is 1.24. The maximum Gasteiger partial charge on any atom is 0.249 e. The van der Waals surface area contributed by atoms with Crippen molar-refractivity contribution >= 4 is 17.5 Å². The zero-order valence-electron chi connectivity index (χ0n) is 14.7. The normalized spacial score (nSPS) is 22.2. The van der Waals surface area contributed by atoms with E-state index in [1.807, 2.05) is 26.2 Å². The van der Waals surface area contributed by atoms with Gasteiger partial charge in [-0.25, -0.2) is 0 Å². The molecular formula is C18H25ClN2O4. The molecule has 0 radical (unpaired) electrons. The third kappa shape index (κ3) is 4.77. The average Bonchev–Trinajstić information content (AvgIpc) is 3.02. The second kappa shape index (κ2) is 8.25. The van der Waals surface area contributed by atoms with Crippen molar-refractivity contribution in [2.45, 2.75) is 31.5 Å². The molecule has 1 N–H and O–H groups in total. The van der Waals surface area contributed by atoms with Gasteiger partial charge in [0, 0.05) is 13.1 Å². The standard InChI is InChI=1S/C18H25ClN2O4/c1-21(2)11-13-3-4-15(25-13)18(22)20-6-5-12-9-14(19)17-16(10-12)23-7-8-24-17/h9-10,13,15H,3-8,11H2,1-2H3,(H,20,22). The van der Waals surface area contributed by atoms with Crippen LogP contribution in [0.1, 0.15) is 18.4 Å². The number of amides is 1. The summed E-state index contributed by atoms with van der Waals surface area (Å²) in [7, 11) is 4.02. The summed E-state index contributed by atoms with van der Waals surface area (Å²) in [4.78, 5) is 14.3. The van der Waals surface area contributed by atoms with Crippen LogP contribution in [-0.4, -0.2) is 63.4 Å².